The van der Waals surface area contributed by atoms with Crippen molar-refractivity contribution in [1.29, 1.82) is 0 Å². The summed E-state index contributed by atoms with van der Waals surface area (Å²) in [6.45, 7) is 2.28. The Kier molecular flexibility index (Phi) is 16.2. The summed E-state index contributed by atoms with van der Waals surface area (Å²) in [5.74, 6) is -0.490. The van der Waals surface area contributed by atoms with Crippen molar-refractivity contribution in [2.75, 3.05) is 21.1 Å². The highest BCUT2D eigenvalue weighted by Gasteiger charge is 2.38. The molecule has 0 aliphatic carbocycles. The van der Waals surface area contributed by atoms with Gasteiger partial charge in [0.1, 0.15) is 0 Å². The minimum absolute atomic E-state index is 0.173. The molecule has 2 atom stereocenters. The van der Waals surface area contributed by atoms with Crippen LogP contribution in [0.2, 0.25) is 0 Å². The van der Waals surface area contributed by atoms with Crippen LogP contribution < -0.4 is 0 Å². The van der Waals surface area contributed by atoms with Crippen molar-refractivity contribution in [3.8, 4) is 0 Å². The third-order valence-corrected chi connectivity index (χ3v) is 7.05. The Morgan fingerprint density at radius 2 is 1.15 bits per heavy atom. The Hall–Kier alpha value is -1.35. The molecule has 33 heavy (non-hydrogen) atoms. The minimum Gasteiger partial charge on any atom is -0.477 e. The predicted molar refractivity (Wildman–Crippen MR) is 143 cm³/mol. The first-order chi connectivity index (χ1) is 15.9. The van der Waals surface area contributed by atoms with Gasteiger partial charge in [-0.05, 0) is 18.4 Å². The summed E-state index contributed by atoms with van der Waals surface area (Å²) >= 11 is 0. The van der Waals surface area contributed by atoms with Crippen molar-refractivity contribution < 1.29 is 14.4 Å². The molecule has 0 aromatic heterocycles. The molecule has 1 rings (SSSR count). The number of aliphatic carboxylic acids is 1. The van der Waals surface area contributed by atoms with Gasteiger partial charge < -0.3 is 9.59 Å². The van der Waals surface area contributed by atoms with Gasteiger partial charge in [0.05, 0.1) is 21.1 Å². The van der Waals surface area contributed by atoms with E-state index < -0.39 is 5.97 Å². The third kappa shape index (κ3) is 14.5. The zero-order valence-corrected chi connectivity index (χ0v) is 22.4. The minimum atomic E-state index is -0.663. The molecular formula is C30H54NO2+. The topological polar surface area (TPSA) is 37.3 Å². The van der Waals surface area contributed by atoms with Crippen LogP contribution in [-0.2, 0) is 11.2 Å². The normalized spacial score (nSPS) is 13.7. The molecule has 0 amide bonds. The number of benzene rings is 1. The SMILES string of the molecule is CCCCCCCCCCCCCCCCCC(Cc1ccccc1)C(C(=O)O)[N+](C)(C)C. The van der Waals surface area contributed by atoms with Gasteiger partial charge in [-0.1, -0.05) is 134 Å². The molecule has 0 spiro atoms. The van der Waals surface area contributed by atoms with E-state index in [1.165, 1.54) is 95.5 Å². The first kappa shape index (κ1) is 29.7. The maximum atomic E-state index is 12.1. The second-order valence-electron chi connectivity index (χ2n) is 11.1. The highest BCUT2D eigenvalue weighted by atomic mass is 16.4. The molecule has 0 bridgehead atoms. The van der Waals surface area contributed by atoms with E-state index in [9.17, 15) is 9.90 Å². The van der Waals surface area contributed by atoms with Gasteiger partial charge in [0.15, 0.2) is 6.04 Å². The highest BCUT2D eigenvalue weighted by molar-refractivity contribution is 5.72. The van der Waals surface area contributed by atoms with Crippen LogP contribution in [0.25, 0.3) is 0 Å². The number of hydrogen-bond acceptors (Lipinski definition) is 1. The highest BCUT2D eigenvalue weighted by Crippen LogP contribution is 2.26. The Labute approximate surface area is 205 Å². The lowest BCUT2D eigenvalue weighted by atomic mass is 9.86. The average Bonchev–Trinajstić information content (AvgIpc) is 2.75. The van der Waals surface area contributed by atoms with Crippen LogP contribution in [0.1, 0.15) is 115 Å². The van der Waals surface area contributed by atoms with Crippen LogP contribution in [0.15, 0.2) is 30.3 Å². The van der Waals surface area contributed by atoms with E-state index in [0.29, 0.717) is 4.48 Å². The van der Waals surface area contributed by atoms with Gasteiger partial charge in [0.2, 0.25) is 0 Å². The van der Waals surface area contributed by atoms with Crippen LogP contribution in [0, 0.1) is 5.92 Å². The lowest BCUT2D eigenvalue weighted by molar-refractivity contribution is -0.891. The first-order valence-corrected chi connectivity index (χ1v) is 13.9. The second kappa shape index (κ2) is 18.0. The van der Waals surface area contributed by atoms with E-state index in [4.69, 9.17) is 0 Å². The van der Waals surface area contributed by atoms with Crippen molar-refractivity contribution in [3.63, 3.8) is 0 Å². The van der Waals surface area contributed by atoms with Crippen molar-refractivity contribution in [1.82, 2.24) is 0 Å². The molecule has 0 aliphatic rings. The molecule has 1 aromatic carbocycles. The number of nitrogens with zero attached hydrogens (tertiary/aromatic N) is 1. The number of quaternary nitrogens is 1. The summed E-state index contributed by atoms with van der Waals surface area (Å²) in [6, 6.07) is 10.0. The molecule has 0 saturated heterocycles. The second-order valence-corrected chi connectivity index (χ2v) is 11.1. The fourth-order valence-corrected chi connectivity index (χ4v) is 5.23. The molecule has 0 saturated carbocycles. The first-order valence-electron chi connectivity index (χ1n) is 13.9. The number of likely N-dealkylation sites (N-methyl/N-ethyl adjacent to an activating group) is 1. The predicted octanol–water partition coefficient (Wildman–Crippen LogP) is 8.27. The van der Waals surface area contributed by atoms with Crippen LogP contribution in [0.5, 0.6) is 0 Å². The largest absolute Gasteiger partial charge is 0.477 e. The zero-order chi connectivity index (χ0) is 24.4. The number of unbranched alkanes of at least 4 members (excludes halogenated alkanes) is 14. The van der Waals surface area contributed by atoms with Crippen LogP contribution in [-0.4, -0.2) is 42.7 Å². The number of carboxylic acids is 1. The van der Waals surface area contributed by atoms with Gasteiger partial charge in [0.25, 0.3) is 0 Å². The standard InChI is InChI=1S/C30H53NO2/c1-5-6-7-8-9-10-11-12-13-14-15-16-17-18-22-25-28(26-27-23-20-19-21-24-27)29(30(32)33)31(2,3)4/h19-21,23-24,28-29H,5-18,22,25-26H2,1-4H3/p+1. The summed E-state index contributed by atoms with van der Waals surface area (Å²) in [6.07, 6.45) is 22.3. The lowest BCUT2D eigenvalue weighted by Gasteiger charge is -2.36. The van der Waals surface area contributed by atoms with Crippen LogP contribution >= 0.6 is 0 Å². The van der Waals surface area contributed by atoms with Gasteiger partial charge in [-0.25, -0.2) is 4.79 Å². The zero-order valence-electron chi connectivity index (χ0n) is 22.4. The molecule has 2 unspecified atom stereocenters. The molecular weight excluding hydrogens is 406 g/mol. The molecule has 0 radical (unpaired) electrons. The van der Waals surface area contributed by atoms with E-state index in [2.05, 4.69) is 31.2 Å². The van der Waals surface area contributed by atoms with E-state index >= 15 is 0 Å². The maximum Gasteiger partial charge on any atom is 0.362 e. The summed E-state index contributed by atoms with van der Waals surface area (Å²) in [4.78, 5) is 12.1. The monoisotopic (exact) mass is 460 g/mol. The summed E-state index contributed by atoms with van der Waals surface area (Å²) < 4.78 is 0.478. The van der Waals surface area contributed by atoms with E-state index in [1.807, 2.05) is 27.2 Å². The molecule has 190 valence electrons. The Morgan fingerprint density at radius 1 is 0.727 bits per heavy atom. The summed E-state index contributed by atoms with van der Waals surface area (Å²) in [5.41, 5.74) is 1.25. The number of carboxylic acid groups (broad SMARTS) is 1. The average molecular weight is 461 g/mol. The van der Waals surface area contributed by atoms with Crippen LogP contribution in [0.4, 0.5) is 0 Å². The van der Waals surface area contributed by atoms with E-state index in [0.717, 1.165) is 19.3 Å². The van der Waals surface area contributed by atoms with Crippen molar-refractivity contribution in [3.05, 3.63) is 35.9 Å². The maximum absolute atomic E-state index is 12.1. The molecule has 3 nitrogen and oxygen atoms in total. The quantitative estimate of drug-likeness (QED) is 0.148. The fourth-order valence-electron chi connectivity index (χ4n) is 5.23. The number of carbonyl (C=O) groups is 1. The summed E-state index contributed by atoms with van der Waals surface area (Å²) in [5, 5.41) is 9.97. The molecule has 0 fully saturated rings. The number of rotatable bonds is 21. The van der Waals surface area contributed by atoms with E-state index in [-0.39, 0.29) is 12.0 Å². The Morgan fingerprint density at radius 3 is 1.55 bits per heavy atom. The Bertz CT molecular complexity index is 593. The molecule has 0 heterocycles. The smallest absolute Gasteiger partial charge is 0.362 e. The summed E-state index contributed by atoms with van der Waals surface area (Å²) in [7, 11) is 6.05. The molecule has 0 aliphatic heterocycles. The van der Waals surface area contributed by atoms with Gasteiger partial charge in [0, 0.05) is 5.92 Å². The lowest BCUT2D eigenvalue weighted by Crippen LogP contribution is -2.54. The molecule has 3 heteroatoms. The third-order valence-electron chi connectivity index (χ3n) is 7.05. The molecule has 1 N–H and O–H groups in total. The molecule has 1 aromatic rings. The van der Waals surface area contributed by atoms with Crippen LogP contribution in [0.3, 0.4) is 0 Å². The van der Waals surface area contributed by atoms with E-state index in [1.54, 1.807) is 0 Å². The van der Waals surface area contributed by atoms with Gasteiger partial charge in [-0.15, -0.1) is 0 Å². The fraction of sp³-hybridized carbons (Fsp3) is 0.767. The van der Waals surface area contributed by atoms with Crippen molar-refractivity contribution >= 4 is 5.97 Å². The van der Waals surface area contributed by atoms with Crippen molar-refractivity contribution in [2.45, 2.75) is 122 Å². The van der Waals surface area contributed by atoms with Crippen molar-refractivity contribution in [2.24, 2.45) is 5.92 Å². The Balaban J connectivity index is 2.22. The van der Waals surface area contributed by atoms with Gasteiger partial charge in [-0.3, -0.25) is 0 Å². The number of hydrogen-bond donors (Lipinski definition) is 1. The van der Waals surface area contributed by atoms with Gasteiger partial charge in [-0.2, -0.15) is 0 Å². The van der Waals surface area contributed by atoms with Gasteiger partial charge >= 0.3 is 5.97 Å².